The summed E-state index contributed by atoms with van der Waals surface area (Å²) in [6.45, 7) is 0.321. The number of benzene rings is 1. The van der Waals surface area contributed by atoms with Gasteiger partial charge in [0.15, 0.2) is 0 Å². The number of rotatable bonds is 5. The Morgan fingerprint density at radius 1 is 1.27 bits per heavy atom. The summed E-state index contributed by atoms with van der Waals surface area (Å²) in [5, 5.41) is 21.4. The van der Waals surface area contributed by atoms with Crippen molar-refractivity contribution in [2.45, 2.75) is 18.8 Å². The van der Waals surface area contributed by atoms with Gasteiger partial charge in [-0.1, -0.05) is 12.1 Å². The van der Waals surface area contributed by atoms with E-state index in [1.165, 1.54) is 18.2 Å². The van der Waals surface area contributed by atoms with Gasteiger partial charge in [-0.05, 0) is 29.8 Å². The second-order valence-corrected chi connectivity index (χ2v) is 4.65. The van der Waals surface area contributed by atoms with Crippen molar-refractivity contribution < 1.29 is 22.7 Å². The average Bonchev–Trinajstić information content (AvgIpc) is 2.94. The van der Waals surface area contributed by atoms with Gasteiger partial charge >= 0.3 is 6.18 Å². The zero-order valence-electron chi connectivity index (χ0n) is 11.4. The Balaban J connectivity index is 1.92. The van der Waals surface area contributed by atoms with Gasteiger partial charge in [0.1, 0.15) is 11.8 Å². The molecule has 1 aromatic heterocycles. The molecule has 0 aliphatic carbocycles. The SMILES string of the molecule is N#Cc1ccc(CNCC(O)c2cccc(C(F)(F)F)c2)o1. The van der Waals surface area contributed by atoms with Gasteiger partial charge in [0, 0.05) is 6.54 Å². The second-order valence-electron chi connectivity index (χ2n) is 4.65. The highest BCUT2D eigenvalue weighted by Gasteiger charge is 2.30. The summed E-state index contributed by atoms with van der Waals surface area (Å²) in [7, 11) is 0. The van der Waals surface area contributed by atoms with Gasteiger partial charge in [0.25, 0.3) is 0 Å². The lowest BCUT2D eigenvalue weighted by atomic mass is 10.1. The fraction of sp³-hybridized carbons (Fsp3) is 0.267. The van der Waals surface area contributed by atoms with E-state index in [0.29, 0.717) is 5.76 Å². The summed E-state index contributed by atoms with van der Waals surface area (Å²) < 4.78 is 42.9. The quantitative estimate of drug-likeness (QED) is 0.891. The third-order valence-electron chi connectivity index (χ3n) is 3.01. The molecule has 116 valence electrons. The molecule has 0 amide bonds. The van der Waals surface area contributed by atoms with E-state index in [1.807, 2.05) is 6.07 Å². The van der Waals surface area contributed by atoms with Crippen LogP contribution in [0.5, 0.6) is 0 Å². The van der Waals surface area contributed by atoms with Gasteiger partial charge < -0.3 is 14.8 Å². The summed E-state index contributed by atoms with van der Waals surface area (Å²) in [5.41, 5.74) is -0.617. The number of aliphatic hydroxyl groups is 1. The highest BCUT2D eigenvalue weighted by molar-refractivity contribution is 5.27. The van der Waals surface area contributed by atoms with Crippen LogP contribution >= 0.6 is 0 Å². The van der Waals surface area contributed by atoms with Crippen LogP contribution < -0.4 is 5.32 Å². The van der Waals surface area contributed by atoms with Gasteiger partial charge in [0.2, 0.25) is 5.76 Å². The molecule has 0 fully saturated rings. The maximum absolute atomic E-state index is 12.6. The number of aliphatic hydroxyl groups excluding tert-OH is 1. The van der Waals surface area contributed by atoms with Crippen LogP contribution in [0.4, 0.5) is 13.2 Å². The van der Waals surface area contributed by atoms with E-state index in [0.717, 1.165) is 12.1 Å². The van der Waals surface area contributed by atoms with Crippen LogP contribution in [-0.4, -0.2) is 11.7 Å². The molecule has 0 aliphatic rings. The Morgan fingerprint density at radius 2 is 2.05 bits per heavy atom. The van der Waals surface area contributed by atoms with Gasteiger partial charge in [-0.2, -0.15) is 18.4 Å². The normalized spacial score (nSPS) is 12.9. The van der Waals surface area contributed by atoms with Crippen LogP contribution in [0, 0.1) is 11.3 Å². The molecule has 22 heavy (non-hydrogen) atoms. The Kier molecular flexibility index (Phi) is 4.85. The fourth-order valence-corrected chi connectivity index (χ4v) is 1.91. The van der Waals surface area contributed by atoms with Crippen molar-refractivity contribution in [3.8, 4) is 6.07 Å². The molecule has 1 atom stereocenters. The number of nitrogens with one attached hydrogen (secondary N) is 1. The molecule has 2 aromatic rings. The predicted molar refractivity (Wildman–Crippen MR) is 71.5 cm³/mol. The van der Waals surface area contributed by atoms with Crippen molar-refractivity contribution in [2.24, 2.45) is 0 Å². The summed E-state index contributed by atoms with van der Waals surface area (Å²) in [4.78, 5) is 0. The molecule has 0 saturated heterocycles. The largest absolute Gasteiger partial charge is 0.449 e. The molecule has 0 radical (unpaired) electrons. The Morgan fingerprint density at radius 3 is 2.68 bits per heavy atom. The van der Waals surface area contributed by atoms with Crippen molar-refractivity contribution >= 4 is 0 Å². The summed E-state index contributed by atoms with van der Waals surface area (Å²) in [6.07, 6.45) is -5.52. The van der Waals surface area contributed by atoms with Crippen LogP contribution in [0.15, 0.2) is 40.8 Å². The number of halogens is 3. The third kappa shape index (κ3) is 4.10. The Bertz CT molecular complexity index is 674. The van der Waals surface area contributed by atoms with Crippen molar-refractivity contribution in [3.63, 3.8) is 0 Å². The molecule has 2 N–H and O–H groups in total. The molecule has 0 saturated carbocycles. The first-order valence-electron chi connectivity index (χ1n) is 6.45. The first-order chi connectivity index (χ1) is 10.4. The third-order valence-corrected chi connectivity index (χ3v) is 3.01. The topological polar surface area (TPSA) is 69.2 Å². The zero-order chi connectivity index (χ0) is 16.2. The van der Waals surface area contributed by atoms with Gasteiger partial charge in [-0.15, -0.1) is 0 Å². The van der Waals surface area contributed by atoms with Gasteiger partial charge in [-0.3, -0.25) is 0 Å². The molecule has 0 bridgehead atoms. The van der Waals surface area contributed by atoms with E-state index >= 15 is 0 Å². The molecular weight excluding hydrogens is 297 g/mol. The van der Waals surface area contributed by atoms with Crippen LogP contribution in [-0.2, 0) is 12.7 Å². The molecule has 0 aliphatic heterocycles. The van der Waals surface area contributed by atoms with Crippen LogP contribution in [0.3, 0.4) is 0 Å². The number of nitrogens with zero attached hydrogens (tertiary/aromatic N) is 1. The molecule has 4 nitrogen and oxygen atoms in total. The molecule has 7 heteroatoms. The number of hydrogen-bond donors (Lipinski definition) is 2. The zero-order valence-corrected chi connectivity index (χ0v) is 11.4. The highest BCUT2D eigenvalue weighted by atomic mass is 19.4. The van der Waals surface area contributed by atoms with E-state index < -0.39 is 17.8 Å². The molecule has 1 heterocycles. The summed E-state index contributed by atoms with van der Waals surface area (Å²) in [5.74, 6) is 0.683. The van der Waals surface area contributed by atoms with Crippen molar-refractivity contribution in [1.82, 2.24) is 5.32 Å². The molecule has 2 rings (SSSR count). The van der Waals surface area contributed by atoms with Gasteiger partial charge in [-0.25, -0.2) is 0 Å². The number of furan rings is 1. The maximum atomic E-state index is 12.6. The Labute approximate surface area is 124 Å². The van der Waals surface area contributed by atoms with E-state index in [9.17, 15) is 18.3 Å². The smallest absolute Gasteiger partial charge is 0.416 e. The van der Waals surface area contributed by atoms with Crippen molar-refractivity contribution in [2.75, 3.05) is 6.54 Å². The Hall–Kier alpha value is -2.30. The number of nitriles is 1. The predicted octanol–water partition coefficient (Wildman–Crippen LogP) is 2.99. The number of alkyl halides is 3. The first-order valence-corrected chi connectivity index (χ1v) is 6.45. The van der Waals surface area contributed by atoms with Crippen LogP contribution in [0.1, 0.15) is 28.8 Å². The van der Waals surface area contributed by atoms with E-state index in [4.69, 9.17) is 9.68 Å². The van der Waals surface area contributed by atoms with Crippen molar-refractivity contribution in [1.29, 1.82) is 5.26 Å². The second kappa shape index (κ2) is 6.64. The van der Waals surface area contributed by atoms with E-state index in [-0.39, 0.29) is 24.4 Å². The van der Waals surface area contributed by atoms with Crippen LogP contribution in [0.2, 0.25) is 0 Å². The van der Waals surface area contributed by atoms with E-state index in [2.05, 4.69) is 5.32 Å². The minimum Gasteiger partial charge on any atom is -0.449 e. The lowest BCUT2D eigenvalue weighted by Gasteiger charge is -2.14. The molecule has 1 unspecified atom stereocenters. The van der Waals surface area contributed by atoms with Crippen molar-refractivity contribution in [3.05, 3.63) is 59.0 Å². The molecule has 0 spiro atoms. The lowest BCUT2D eigenvalue weighted by molar-refractivity contribution is -0.137. The lowest BCUT2D eigenvalue weighted by Crippen LogP contribution is -2.21. The highest BCUT2D eigenvalue weighted by Crippen LogP contribution is 2.30. The van der Waals surface area contributed by atoms with E-state index in [1.54, 1.807) is 6.07 Å². The minimum absolute atomic E-state index is 0.0594. The summed E-state index contributed by atoms with van der Waals surface area (Å²) in [6, 6.07) is 9.54. The standard InChI is InChI=1S/C15H13F3N2O2/c16-15(17,18)11-3-1-2-10(6-11)14(21)9-20-8-13-5-4-12(7-19)22-13/h1-6,14,20-21H,8-9H2. The maximum Gasteiger partial charge on any atom is 0.416 e. The van der Waals surface area contributed by atoms with Crippen LogP contribution in [0.25, 0.3) is 0 Å². The summed E-state index contributed by atoms with van der Waals surface area (Å²) >= 11 is 0. The fourth-order valence-electron chi connectivity index (χ4n) is 1.91. The minimum atomic E-state index is -4.44. The molecule has 1 aromatic carbocycles. The molecular formula is C15H13F3N2O2. The van der Waals surface area contributed by atoms with Gasteiger partial charge in [0.05, 0.1) is 18.2 Å². The average molecular weight is 310 g/mol. The first kappa shape index (κ1) is 16.1. The monoisotopic (exact) mass is 310 g/mol. The number of hydrogen-bond acceptors (Lipinski definition) is 4.